The quantitative estimate of drug-likeness (QED) is 0.919. The van der Waals surface area contributed by atoms with Crippen LogP contribution in [0.25, 0.3) is 0 Å². The van der Waals surface area contributed by atoms with Gasteiger partial charge in [-0.15, -0.1) is 0 Å². The molecule has 3 rings (SSSR count). The number of aryl methyl sites for hydroxylation is 2. The summed E-state index contributed by atoms with van der Waals surface area (Å²) in [6.45, 7) is 5.41. The van der Waals surface area contributed by atoms with E-state index in [0.717, 1.165) is 36.7 Å². The van der Waals surface area contributed by atoms with Crippen LogP contribution in [-0.4, -0.2) is 33.7 Å². The van der Waals surface area contributed by atoms with E-state index in [2.05, 4.69) is 15.3 Å². The van der Waals surface area contributed by atoms with Crippen LogP contribution < -0.4 is 5.32 Å². The Morgan fingerprint density at radius 2 is 2.09 bits per heavy atom. The molecule has 124 valence electrons. The van der Waals surface area contributed by atoms with Crippen LogP contribution in [0.1, 0.15) is 46.8 Å². The van der Waals surface area contributed by atoms with Crippen molar-refractivity contribution < 1.29 is 9.21 Å². The number of piperidine rings is 1. The molecule has 2 aromatic rings. The second-order valence-electron chi connectivity index (χ2n) is 6.20. The van der Waals surface area contributed by atoms with E-state index >= 15 is 0 Å². The fraction of sp³-hybridized carbons (Fsp3) is 0.529. The predicted molar refractivity (Wildman–Crippen MR) is 87.0 cm³/mol. The van der Waals surface area contributed by atoms with Gasteiger partial charge in [-0.1, -0.05) is 6.42 Å². The minimum atomic E-state index is -0.182. The van der Waals surface area contributed by atoms with Crippen LogP contribution in [0.5, 0.6) is 0 Å². The number of aromatic nitrogens is 2. The normalized spacial score (nSPS) is 15.7. The van der Waals surface area contributed by atoms with E-state index in [1.165, 1.54) is 19.3 Å². The van der Waals surface area contributed by atoms with Crippen LogP contribution in [0.2, 0.25) is 0 Å². The third-order valence-electron chi connectivity index (χ3n) is 4.27. The summed E-state index contributed by atoms with van der Waals surface area (Å²) in [7, 11) is 1.87. The average molecular weight is 316 g/mol. The molecule has 0 saturated carbocycles. The van der Waals surface area contributed by atoms with Gasteiger partial charge in [0.2, 0.25) is 0 Å². The maximum Gasteiger partial charge on any atom is 0.287 e. The molecule has 0 bridgehead atoms. The highest BCUT2D eigenvalue weighted by Crippen LogP contribution is 2.15. The van der Waals surface area contributed by atoms with E-state index in [1.54, 1.807) is 10.7 Å². The lowest BCUT2D eigenvalue weighted by atomic mass is 10.1. The molecule has 1 aliphatic heterocycles. The number of nitrogens with one attached hydrogen (secondary N) is 1. The lowest BCUT2D eigenvalue weighted by Gasteiger charge is -2.25. The van der Waals surface area contributed by atoms with Crippen LogP contribution in [0.4, 0.5) is 0 Å². The first-order chi connectivity index (χ1) is 11.1. The Kier molecular flexibility index (Phi) is 4.81. The molecule has 1 amide bonds. The van der Waals surface area contributed by atoms with E-state index < -0.39 is 0 Å². The van der Waals surface area contributed by atoms with Crippen molar-refractivity contribution >= 4 is 5.91 Å². The fourth-order valence-corrected chi connectivity index (χ4v) is 3.01. The number of nitrogens with zero attached hydrogens (tertiary/aromatic N) is 3. The molecule has 6 heteroatoms. The van der Waals surface area contributed by atoms with E-state index in [0.29, 0.717) is 12.3 Å². The zero-order valence-electron chi connectivity index (χ0n) is 13.8. The number of rotatable bonds is 5. The Labute approximate surface area is 136 Å². The van der Waals surface area contributed by atoms with E-state index in [1.807, 2.05) is 26.2 Å². The summed E-state index contributed by atoms with van der Waals surface area (Å²) in [5.41, 5.74) is 1.94. The maximum atomic E-state index is 12.2. The SMILES string of the molecule is Cc1nn(C)cc1CNC(=O)c1ccc(CN2CCCCC2)o1. The van der Waals surface area contributed by atoms with Crippen LogP contribution in [0.3, 0.4) is 0 Å². The predicted octanol–water partition coefficient (Wildman–Crippen LogP) is 2.24. The smallest absolute Gasteiger partial charge is 0.287 e. The first-order valence-electron chi connectivity index (χ1n) is 8.20. The van der Waals surface area contributed by atoms with Crippen molar-refractivity contribution in [1.29, 1.82) is 0 Å². The fourth-order valence-electron chi connectivity index (χ4n) is 3.01. The standard InChI is InChI=1S/C17H24N4O2/c1-13-14(11-20(2)19-13)10-18-17(22)16-7-6-15(23-16)12-21-8-4-3-5-9-21/h6-7,11H,3-5,8-10,12H2,1-2H3,(H,18,22). The van der Waals surface area contributed by atoms with Crippen molar-refractivity contribution in [2.75, 3.05) is 13.1 Å². The average Bonchev–Trinajstić information content (AvgIpc) is 3.12. The molecule has 0 aliphatic carbocycles. The third kappa shape index (κ3) is 4.01. The van der Waals surface area contributed by atoms with Gasteiger partial charge in [-0.2, -0.15) is 5.10 Å². The lowest BCUT2D eigenvalue weighted by molar-refractivity contribution is 0.0918. The van der Waals surface area contributed by atoms with Gasteiger partial charge in [-0.25, -0.2) is 0 Å². The molecule has 1 saturated heterocycles. The molecule has 1 aliphatic rings. The van der Waals surface area contributed by atoms with Gasteiger partial charge in [0.25, 0.3) is 5.91 Å². The molecule has 0 atom stereocenters. The number of hydrogen-bond donors (Lipinski definition) is 1. The lowest BCUT2D eigenvalue weighted by Crippen LogP contribution is -2.28. The van der Waals surface area contributed by atoms with E-state index in [9.17, 15) is 4.79 Å². The van der Waals surface area contributed by atoms with E-state index in [-0.39, 0.29) is 5.91 Å². The number of likely N-dealkylation sites (tertiary alicyclic amines) is 1. The van der Waals surface area contributed by atoms with Crippen molar-refractivity contribution in [3.8, 4) is 0 Å². The first kappa shape index (κ1) is 15.8. The molecule has 6 nitrogen and oxygen atoms in total. The monoisotopic (exact) mass is 316 g/mol. The van der Waals surface area contributed by atoms with Crippen LogP contribution in [0, 0.1) is 6.92 Å². The van der Waals surface area contributed by atoms with E-state index in [4.69, 9.17) is 4.42 Å². The summed E-state index contributed by atoms with van der Waals surface area (Å²) in [6, 6.07) is 3.66. The van der Waals surface area contributed by atoms with Crippen molar-refractivity contribution in [2.45, 2.75) is 39.3 Å². The molecule has 1 fully saturated rings. The van der Waals surface area contributed by atoms with Gasteiger partial charge < -0.3 is 9.73 Å². The van der Waals surface area contributed by atoms with Crippen LogP contribution in [-0.2, 0) is 20.1 Å². The molecule has 3 heterocycles. The van der Waals surface area contributed by atoms with Gasteiger partial charge >= 0.3 is 0 Å². The van der Waals surface area contributed by atoms with Crippen LogP contribution in [0.15, 0.2) is 22.7 Å². The van der Waals surface area contributed by atoms with Gasteiger partial charge in [-0.05, 0) is 45.0 Å². The zero-order chi connectivity index (χ0) is 16.2. The molecule has 0 aromatic carbocycles. The molecule has 2 aromatic heterocycles. The number of furan rings is 1. The van der Waals surface area contributed by atoms with Gasteiger partial charge in [-0.3, -0.25) is 14.4 Å². The highest BCUT2D eigenvalue weighted by Gasteiger charge is 2.15. The van der Waals surface area contributed by atoms with Crippen molar-refractivity contribution in [2.24, 2.45) is 7.05 Å². The summed E-state index contributed by atoms with van der Waals surface area (Å²) >= 11 is 0. The topological polar surface area (TPSA) is 63.3 Å². The number of carbonyl (C=O) groups excluding carboxylic acids is 1. The molecule has 0 unspecified atom stereocenters. The largest absolute Gasteiger partial charge is 0.455 e. The van der Waals surface area contributed by atoms with Crippen molar-refractivity contribution in [3.63, 3.8) is 0 Å². The summed E-state index contributed by atoms with van der Waals surface area (Å²) in [6.07, 6.45) is 5.73. The Bertz CT molecular complexity index is 668. The second-order valence-corrected chi connectivity index (χ2v) is 6.20. The number of carbonyl (C=O) groups is 1. The highest BCUT2D eigenvalue weighted by molar-refractivity contribution is 5.91. The molecular formula is C17H24N4O2. The van der Waals surface area contributed by atoms with Gasteiger partial charge in [0.15, 0.2) is 5.76 Å². The number of hydrogen-bond acceptors (Lipinski definition) is 4. The van der Waals surface area contributed by atoms with Crippen LogP contribution >= 0.6 is 0 Å². The highest BCUT2D eigenvalue weighted by atomic mass is 16.4. The van der Waals surface area contributed by atoms with Gasteiger partial charge in [0.1, 0.15) is 5.76 Å². The Morgan fingerprint density at radius 3 is 2.78 bits per heavy atom. The zero-order valence-corrected chi connectivity index (χ0v) is 13.8. The minimum Gasteiger partial charge on any atom is -0.455 e. The molecule has 0 radical (unpaired) electrons. The second kappa shape index (κ2) is 7.00. The molecule has 0 spiro atoms. The first-order valence-corrected chi connectivity index (χ1v) is 8.20. The Hall–Kier alpha value is -2.08. The summed E-state index contributed by atoms with van der Waals surface area (Å²) in [5, 5.41) is 7.15. The van der Waals surface area contributed by atoms with Crippen molar-refractivity contribution in [3.05, 3.63) is 41.1 Å². The summed E-state index contributed by atoms with van der Waals surface area (Å²) in [4.78, 5) is 14.6. The molecule has 23 heavy (non-hydrogen) atoms. The summed E-state index contributed by atoms with van der Waals surface area (Å²) < 4.78 is 7.45. The number of amides is 1. The Balaban J connectivity index is 1.54. The maximum absolute atomic E-state index is 12.2. The molecular weight excluding hydrogens is 292 g/mol. The van der Waals surface area contributed by atoms with Crippen molar-refractivity contribution in [1.82, 2.24) is 20.0 Å². The third-order valence-corrected chi connectivity index (χ3v) is 4.27. The molecule has 1 N–H and O–H groups in total. The van der Waals surface area contributed by atoms with Gasteiger partial charge in [0.05, 0.1) is 12.2 Å². The summed E-state index contributed by atoms with van der Waals surface area (Å²) in [5.74, 6) is 1.05. The van der Waals surface area contributed by atoms with Gasteiger partial charge in [0, 0.05) is 25.4 Å². The Morgan fingerprint density at radius 1 is 1.30 bits per heavy atom. The minimum absolute atomic E-state index is 0.182.